The number of nitrogens with zero attached hydrogens (tertiary/aromatic N) is 1. The number of benzene rings is 2. The lowest BCUT2D eigenvalue weighted by Crippen LogP contribution is -2.12. The summed E-state index contributed by atoms with van der Waals surface area (Å²) in [7, 11) is 0. The lowest BCUT2D eigenvalue weighted by molar-refractivity contribution is 0.174. The number of ether oxygens (including phenoxy) is 2. The normalized spacial score (nSPS) is 13.0. The van der Waals surface area contributed by atoms with Crippen LogP contribution in [-0.2, 0) is 13.1 Å². The highest BCUT2D eigenvalue weighted by atomic mass is 32.1. The van der Waals surface area contributed by atoms with Gasteiger partial charge in [-0.05, 0) is 29.8 Å². The molecule has 0 aliphatic carbocycles. The van der Waals surface area contributed by atoms with Crippen molar-refractivity contribution in [3.8, 4) is 11.5 Å². The molecule has 3 aromatic rings. The maximum atomic E-state index is 5.38. The van der Waals surface area contributed by atoms with Crippen molar-refractivity contribution in [3.05, 3.63) is 53.0 Å². The van der Waals surface area contributed by atoms with Crippen molar-refractivity contribution < 1.29 is 9.47 Å². The Labute approximate surface area is 126 Å². The Balaban J connectivity index is 1.41. The van der Waals surface area contributed by atoms with Gasteiger partial charge in [-0.1, -0.05) is 18.2 Å². The number of thiazole rings is 1. The predicted octanol–water partition coefficient (Wildman–Crippen LogP) is 3.31. The van der Waals surface area contributed by atoms with E-state index in [1.165, 1.54) is 10.3 Å². The summed E-state index contributed by atoms with van der Waals surface area (Å²) in [6.45, 7) is 1.87. The summed E-state index contributed by atoms with van der Waals surface area (Å²) in [5.41, 5.74) is 2.25. The fraction of sp³-hybridized carbons (Fsp3) is 0.188. The van der Waals surface area contributed by atoms with Crippen molar-refractivity contribution in [2.24, 2.45) is 0 Å². The zero-order valence-electron chi connectivity index (χ0n) is 11.3. The van der Waals surface area contributed by atoms with Gasteiger partial charge in [-0.3, -0.25) is 0 Å². The van der Waals surface area contributed by atoms with Gasteiger partial charge in [0.05, 0.1) is 10.2 Å². The summed E-state index contributed by atoms with van der Waals surface area (Å²) < 4.78 is 11.9. The topological polar surface area (TPSA) is 43.4 Å². The largest absolute Gasteiger partial charge is 0.454 e. The lowest BCUT2D eigenvalue weighted by Gasteiger charge is -2.04. The first-order valence-corrected chi connectivity index (χ1v) is 7.64. The molecule has 0 saturated carbocycles. The molecule has 5 heteroatoms. The van der Waals surface area contributed by atoms with Crippen LogP contribution in [0.3, 0.4) is 0 Å². The van der Waals surface area contributed by atoms with E-state index in [0.29, 0.717) is 6.79 Å². The first-order chi connectivity index (χ1) is 10.4. The third kappa shape index (κ3) is 2.57. The molecule has 1 aliphatic heterocycles. The maximum absolute atomic E-state index is 5.38. The first kappa shape index (κ1) is 12.6. The van der Waals surface area contributed by atoms with E-state index in [1.807, 2.05) is 30.3 Å². The van der Waals surface area contributed by atoms with Gasteiger partial charge >= 0.3 is 0 Å². The van der Waals surface area contributed by atoms with E-state index in [4.69, 9.17) is 9.47 Å². The standard InChI is InChI=1S/C16H14N2O2S/c1-2-4-15-12(3-1)18-16(21-15)9-17-8-11-5-6-13-14(7-11)20-10-19-13/h1-7,17H,8-10H2. The molecule has 0 saturated heterocycles. The number of rotatable bonds is 4. The van der Waals surface area contributed by atoms with Gasteiger partial charge in [0, 0.05) is 13.1 Å². The summed E-state index contributed by atoms with van der Waals surface area (Å²) in [6, 6.07) is 14.3. The first-order valence-electron chi connectivity index (χ1n) is 6.82. The number of para-hydroxylation sites is 1. The van der Waals surface area contributed by atoms with E-state index in [2.05, 4.69) is 22.4 Å². The van der Waals surface area contributed by atoms with Crippen molar-refractivity contribution in [1.29, 1.82) is 0 Å². The molecule has 0 radical (unpaired) electrons. The van der Waals surface area contributed by atoms with Crippen LogP contribution in [-0.4, -0.2) is 11.8 Å². The fourth-order valence-corrected chi connectivity index (χ4v) is 3.30. The summed E-state index contributed by atoms with van der Waals surface area (Å²) in [4.78, 5) is 4.61. The Morgan fingerprint density at radius 3 is 2.90 bits per heavy atom. The van der Waals surface area contributed by atoms with Gasteiger partial charge in [0.2, 0.25) is 6.79 Å². The monoisotopic (exact) mass is 298 g/mol. The van der Waals surface area contributed by atoms with Crippen molar-refractivity contribution in [2.45, 2.75) is 13.1 Å². The Morgan fingerprint density at radius 2 is 1.95 bits per heavy atom. The summed E-state index contributed by atoms with van der Waals surface area (Å²) in [5.74, 6) is 1.65. The van der Waals surface area contributed by atoms with Gasteiger partial charge in [0.15, 0.2) is 11.5 Å². The number of aromatic nitrogens is 1. The quantitative estimate of drug-likeness (QED) is 0.802. The second kappa shape index (κ2) is 5.35. The third-order valence-electron chi connectivity index (χ3n) is 3.38. The van der Waals surface area contributed by atoms with E-state index in [1.54, 1.807) is 11.3 Å². The molecule has 2 heterocycles. The van der Waals surface area contributed by atoms with Crippen molar-refractivity contribution in [1.82, 2.24) is 10.3 Å². The molecule has 4 nitrogen and oxygen atoms in total. The summed E-state index contributed by atoms with van der Waals surface area (Å²) in [5, 5.41) is 4.53. The van der Waals surface area contributed by atoms with Crippen LogP contribution in [0.25, 0.3) is 10.2 Å². The summed E-state index contributed by atoms with van der Waals surface area (Å²) >= 11 is 1.73. The minimum absolute atomic E-state index is 0.317. The highest BCUT2D eigenvalue weighted by Gasteiger charge is 2.12. The van der Waals surface area contributed by atoms with Crippen LogP contribution >= 0.6 is 11.3 Å². The molecular weight excluding hydrogens is 284 g/mol. The predicted molar refractivity (Wildman–Crippen MR) is 82.7 cm³/mol. The zero-order chi connectivity index (χ0) is 14.1. The average Bonchev–Trinajstić information content (AvgIpc) is 3.12. The second-order valence-corrected chi connectivity index (χ2v) is 5.98. The van der Waals surface area contributed by atoms with Crippen molar-refractivity contribution >= 4 is 21.6 Å². The highest BCUT2D eigenvalue weighted by Crippen LogP contribution is 2.32. The number of fused-ring (bicyclic) bond motifs is 2. The number of nitrogens with one attached hydrogen (secondary N) is 1. The van der Waals surface area contributed by atoms with Crippen LogP contribution in [0.1, 0.15) is 10.6 Å². The molecule has 1 aliphatic rings. The molecule has 0 bridgehead atoms. The second-order valence-electron chi connectivity index (χ2n) is 4.87. The van der Waals surface area contributed by atoms with Gasteiger partial charge in [0.25, 0.3) is 0 Å². The fourth-order valence-electron chi connectivity index (χ4n) is 2.36. The zero-order valence-corrected chi connectivity index (χ0v) is 12.2. The summed E-state index contributed by atoms with van der Waals surface area (Å²) in [6.07, 6.45) is 0. The molecule has 0 atom stereocenters. The molecule has 0 fully saturated rings. The number of hydrogen-bond acceptors (Lipinski definition) is 5. The van der Waals surface area contributed by atoms with Crippen molar-refractivity contribution in [3.63, 3.8) is 0 Å². The van der Waals surface area contributed by atoms with Crippen LogP contribution in [0, 0.1) is 0 Å². The lowest BCUT2D eigenvalue weighted by atomic mass is 10.2. The Morgan fingerprint density at radius 1 is 1.05 bits per heavy atom. The van der Waals surface area contributed by atoms with Gasteiger partial charge in [-0.15, -0.1) is 11.3 Å². The molecule has 0 amide bonds. The molecule has 2 aromatic carbocycles. The van der Waals surface area contributed by atoms with Gasteiger partial charge in [-0.2, -0.15) is 0 Å². The maximum Gasteiger partial charge on any atom is 0.231 e. The molecule has 0 unspecified atom stereocenters. The van der Waals surface area contributed by atoms with Crippen LogP contribution in [0.5, 0.6) is 11.5 Å². The van der Waals surface area contributed by atoms with Gasteiger partial charge < -0.3 is 14.8 Å². The Hall–Kier alpha value is -2.11. The average molecular weight is 298 g/mol. The SMILES string of the molecule is c1ccc2sc(CNCc3ccc4c(c3)OCO4)nc2c1. The van der Waals surface area contributed by atoms with Crippen LogP contribution in [0.4, 0.5) is 0 Å². The molecule has 106 valence electrons. The Bertz CT molecular complexity index is 752. The number of hydrogen-bond donors (Lipinski definition) is 1. The van der Waals surface area contributed by atoms with Gasteiger partial charge in [0.1, 0.15) is 5.01 Å². The minimum Gasteiger partial charge on any atom is -0.454 e. The van der Waals surface area contributed by atoms with Crippen LogP contribution < -0.4 is 14.8 Å². The Kier molecular flexibility index (Phi) is 3.21. The van der Waals surface area contributed by atoms with E-state index in [-0.39, 0.29) is 0 Å². The van der Waals surface area contributed by atoms with E-state index in [9.17, 15) is 0 Å². The van der Waals surface area contributed by atoms with E-state index in [0.717, 1.165) is 35.1 Å². The minimum atomic E-state index is 0.317. The third-order valence-corrected chi connectivity index (χ3v) is 4.42. The van der Waals surface area contributed by atoms with Crippen molar-refractivity contribution in [2.75, 3.05) is 6.79 Å². The van der Waals surface area contributed by atoms with Gasteiger partial charge in [-0.25, -0.2) is 4.98 Å². The molecular formula is C16H14N2O2S. The molecule has 4 rings (SSSR count). The molecule has 21 heavy (non-hydrogen) atoms. The smallest absolute Gasteiger partial charge is 0.231 e. The van der Waals surface area contributed by atoms with E-state index < -0.39 is 0 Å². The van der Waals surface area contributed by atoms with E-state index >= 15 is 0 Å². The highest BCUT2D eigenvalue weighted by molar-refractivity contribution is 7.18. The molecule has 1 N–H and O–H groups in total. The van der Waals surface area contributed by atoms with Crippen LogP contribution in [0.15, 0.2) is 42.5 Å². The van der Waals surface area contributed by atoms with Crippen LogP contribution in [0.2, 0.25) is 0 Å². The molecule has 1 aromatic heterocycles. The molecule has 0 spiro atoms.